The molecule has 0 spiro atoms. The van der Waals surface area contributed by atoms with Gasteiger partial charge < -0.3 is 9.90 Å². The van der Waals surface area contributed by atoms with Crippen LogP contribution in [0.1, 0.15) is 30.5 Å². The van der Waals surface area contributed by atoms with Crippen LogP contribution >= 0.6 is 0 Å². The summed E-state index contributed by atoms with van der Waals surface area (Å²) in [5.74, 6) is 1.53. The van der Waals surface area contributed by atoms with Gasteiger partial charge in [-0.25, -0.2) is 0 Å². The largest absolute Gasteiger partial charge is 0.550 e. The molecule has 1 aromatic rings. The Bertz CT molecular complexity index is 416. The first-order chi connectivity index (χ1) is 8.15. The highest BCUT2D eigenvalue weighted by Crippen LogP contribution is 2.30. The molecule has 1 aliphatic rings. The molecule has 0 saturated carbocycles. The summed E-state index contributed by atoms with van der Waals surface area (Å²) < 4.78 is 0. The highest BCUT2D eigenvalue weighted by atomic mass is 16.4. The van der Waals surface area contributed by atoms with Crippen molar-refractivity contribution in [1.82, 2.24) is 5.32 Å². The smallest absolute Gasteiger partial charge is 0.0578 e. The van der Waals surface area contributed by atoms with Crippen LogP contribution in [0, 0.1) is 12.3 Å². The average Bonchev–Trinajstić information content (AvgIpc) is 2.69. The van der Waals surface area contributed by atoms with Crippen LogP contribution in [-0.2, 0) is 11.2 Å². The molecule has 1 atom stereocenters. The minimum Gasteiger partial charge on any atom is -0.550 e. The molecule has 1 N–H and O–H groups in total. The van der Waals surface area contributed by atoms with E-state index in [2.05, 4.69) is 35.5 Å². The second-order valence-electron chi connectivity index (χ2n) is 3.87. The third-order valence-electron chi connectivity index (χ3n) is 2.58. The summed E-state index contributed by atoms with van der Waals surface area (Å²) in [6.07, 6.45) is 7.57. The fourth-order valence-corrected chi connectivity index (χ4v) is 1.95. The molecule has 1 aliphatic carbocycles. The lowest BCUT2D eigenvalue weighted by Gasteiger charge is -2.10. The third-order valence-corrected chi connectivity index (χ3v) is 2.58. The summed E-state index contributed by atoms with van der Waals surface area (Å²) in [5.41, 5.74) is 2.90. The number of carboxylic acid groups (broad SMARTS) is 1. The van der Waals surface area contributed by atoms with Crippen LogP contribution in [0.25, 0.3) is 0 Å². The first-order valence-corrected chi connectivity index (χ1v) is 5.57. The lowest BCUT2D eigenvalue weighted by Crippen LogP contribution is -2.19. The number of benzene rings is 1. The van der Waals surface area contributed by atoms with Gasteiger partial charge in [-0.3, -0.25) is 5.32 Å². The molecule has 0 saturated heterocycles. The molecule has 3 heteroatoms. The topological polar surface area (TPSA) is 52.2 Å². The number of carbonyl (C=O) groups excluding carboxylic acids is 1. The van der Waals surface area contributed by atoms with Gasteiger partial charge in [-0.05, 0) is 30.9 Å². The lowest BCUT2D eigenvalue weighted by atomic mass is 10.1. The second-order valence-corrected chi connectivity index (χ2v) is 3.87. The number of aliphatic carboxylic acids is 1. The molecule has 0 bridgehead atoms. The Morgan fingerprint density at radius 2 is 2.24 bits per heavy atom. The molecule has 0 fully saturated rings. The molecule has 3 nitrogen and oxygen atoms in total. The van der Waals surface area contributed by atoms with Crippen LogP contribution < -0.4 is 10.4 Å². The number of terminal acetylenes is 1. The zero-order valence-electron chi connectivity index (χ0n) is 9.90. The van der Waals surface area contributed by atoms with E-state index in [-0.39, 0.29) is 0 Å². The molecule has 0 heterocycles. The van der Waals surface area contributed by atoms with E-state index in [1.54, 1.807) is 0 Å². The van der Waals surface area contributed by atoms with Crippen LogP contribution in [0.15, 0.2) is 24.3 Å². The summed E-state index contributed by atoms with van der Waals surface area (Å²) >= 11 is 0. The summed E-state index contributed by atoms with van der Waals surface area (Å²) in [4.78, 5) is 8.89. The van der Waals surface area contributed by atoms with Crippen LogP contribution in [0.3, 0.4) is 0 Å². The molecule has 0 aromatic heterocycles. The lowest BCUT2D eigenvalue weighted by molar-refractivity contribution is -0.302. The van der Waals surface area contributed by atoms with Gasteiger partial charge in [0.15, 0.2) is 0 Å². The second kappa shape index (κ2) is 6.72. The molecule has 2 rings (SSSR count). The van der Waals surface area contributed by atoms with Gasteiger partial charge in [0.2, 0.25) is 0 Å². The van der Waals surface area contributed by atoms with Crippen molar-refractivity contribution in [2.75, 3.05) is 6.54 Å². The zero-order chi connectivity index (χ0) is 12.7. The van der Waals surface area contributed by atoms with E-state index in [1.165, 1.54) is 24.0 Å². The van der Waals surface area contributed by atoms with Gasteiger partial charge in [-0.1, -0.05) is 30.2 Å². The SMILES string of the molecule is C#CCN[C@@H]1CCc2ccccc21.CC(=O)[O-]. The van der Waals surface area contributed by atoms with E-state index in [1.807, 2.05) is 0 Å². The van der Waals surface area contributed by atoms with Crippen molar-refractivity contribution in [1.29, 1.82) is 0 Å². The fourth-order valence-electron chi connectivity index (χ4n) is 1.95. The Kier molecular flexibility index (Phi) is 5.25. The van der Waals surface area contributed by atoms with E-state index in [0.29, 0.717) is 12.6 Å². The predicted molar refractivity (Wildman–Crippen MR) is 65.0 cm³/mol. The van der Waals surface area contributed by atoms with Gasteiger partial charge >= 0.3 is 0 Å². The highest BCUT2D eigenvalue weighted by molar-refractivity contribution is 5.60. The summed E-state index contributed by atoms with van der Waals surface area (Å²) in [6, 6.07) is 9.06. The van der Waals surface area contributed by atoms with Gasteiger partial charge in [0.05, 0.1) is 6.54 Å². The van der Waals surface area contributed by atoms with Crippen molar-refractivity contribution in [2.45, 2.75) is 25.8 Å². The number of carboxylic acids is 1. The standard InChI is InChI=1S/C12H13N.C2H4O2/c1-2-9-13-12-8-7-10-5-3-4-6-11(10)12;1-2(3)4/h1,3-6,12-13H,7-9H2;1H3,(H,3,4)/p-1/t12-;/m1./s1. The third kappa shape index (κ3) is 4.29. The molecular formula is C14H16NO2-. The van der Waals surface area contributed by atoms with Crippen molar-refractivity contribution in [3.8, 4) is 12.3 Å². The highest BCUT2D eigenvalue weighted by Gasteiger charge is 2.20. The maximum atomic E-state index is 8.89. The maximum absolute atomic E-state index is 8.89. The fraction of sp³-hybridized carbons (Fsp3) is 0.357. The van der Waals surface area contributed by atoms with Crippen LogP contribution in [-0.4, -0.2) is 12.5 Å². The quantitative estimate of drug-likeness (QED) is 0.759. The number of fused-ring (bicyclic) bond motifs is 1. The van der Waals surface area contributed by atoms with Crippen LogP contribution in [0.5, 0.6) is 0 Å². The van der Waals surface area contributed by atoms with E-state index < -0.39 is 5.97 Å². The van der Waals surface area contributed by atoms with Gasteiger partial charge in [0.1, 0.15) is 0 Å². The normalized spacial score (nSPS) is 16.4. The number of carbonyl (C=O) groups is 1. The number of aryl methyl sites for hydroxylation is 1. The van der Waals surface area contributed by atoms with E-state index >= 15 is 0 Å². The Morgan fingerprint density at radius 3 is 2.88 bits per heavy atom. The predicted octanol–water partition coefficient (Wildman–Crippen LogP) is 0.653. The minimum atomic E-state index is -1.08. The van der Waals surface area contributed by atoms with Crippen LogP contribution in [0.4, 0.5) is 0 Å². The van der Waals surface area contributed by atoms with Crippen molar-refractivity contribution in [2.24, 2.45) is 0 Å². The van der Waals surface area contributed by atoms with Gasteiger partial charge in [-0.2, -0.15) is 0 Å². The van der Waals surface area contributed by atoms with Crippen molar-refractivity contribution < 1.29 is 9.90 Å². The Labute approximate surface area is 102 Å². The molecular weight excluding hydrogens is 214 g/mol. The number of rotatable bonds is 2. The molecule has 1 aromatic carbocycles. The molecule has 17 heavy (non-hydrogen) atoms. The molecule has 0 radical (unpaired) electrons. The zero-order valence-corrected chi connectivity index (χ0v) is 9.90. The first kappa shape index (κ1) is 13.3. The summed E-state index contributed by atoms with van der Waals surface area (Å²) in [7, 11) is 0. The Hall–Kier alpha value is -1.79. The summed E-state index contributed by atoms with van der Waals surface area (Å²) in [5, 5.41) is 12.2. The van der Waals surface area contributed by atoms with Gasteiger partial charge in [0, 0.05) is 12.0 Å². The average molecular weight is 230 g/mol. The first-order valence-electron chi connectivity index (χ1n) is 5.57. The minimum absolute atomic E-state index is 0.479. The number of hydrogen-bond donors (Lipinski definition) is 1. The molecule has 0 aliphatic heterocycles. The molecule has 0 unspecified atom stereocenters. The van der Waals surface area contributed by atoms with E-state index in [0.717, 1.165) is 6.92 Å². The Balaban J connectivity index is 0.000000317. The van der Waals surface area contributed by atoms with Gasteiger partial charge in [-0.15, -0.1) is 6.42 Å². The molecule has 90 valence electrons. The van der Waals surface area contributed by atoms with E-state index in [9.17, 15) is 0 Å². The van der Waals surface area contributed by atoms with Crippen molar-refractivity contribution in [3.05, 3.63) is 35.4 Å². The van der Waals surface area contributed by atoms with Crippen molar-refractivity contribution in [3.63, 3.8) is 0 Å². The van der Waals surface area contributed by atoms with Crippen molar-refractivity contribution >= 4 is 5.97 Å². The number of hydrogen-bond acceptors (Lipinski definition) is 3. The maximum Gasteiger partial charge on any atom is 0.0578 e. The van der Waals surface area contributed by atoms with Crippen LogP contribution in [0.2, 0.25) is 0 Å². The van der Waals surface area contributed by atoms with E-state index in [4.69, 9.17) is 16.3 Å². The Morgan fingerprint density at radius 1 is 1.59 bits per heavy atom. The molecule has 0 amide bonds. The van der Waals surface area contributed by atoms with Gasteiger partial charge in [0.25, 0.3) is 0 Å². The monoisotopic (exact) mass is 230 g/mol. The number of nitrogens with one attached hydrogen (secondary N) is 1. The summed E-state index contributed by atoms with van der Waals surface area (Å²) in [6.45, 7) is 1.64.